The van der Waals surface area contributed by atoms with Crippen molar-refractivity contribution in [3.05, 3.63) is 35.6 Å². The van der Waals surface area contributed by atoms with Crippen molar-refractivity contribution in [2.45, 2.75) is 51.6 Å². The molecular weight excluding hydrogens is 349 g/mol. The van der Waals surface area contributed by atoms with Crippen molar-refractivity contribution in [2.24, 2.45) is 5.92 Å². The first-order valence-electron chi connectivity index (χ1n) is 9.72. The summed E-state index contributed by atoms with van der Waals surface area (Å²) in [5, 5.41) is 8.25. The molecule has 1 unspecified atom stereocenters. The molecule has 0 saturated heterocycles. The number of halogens is 1. The standard InChI is InChI=1S/C20H30FN3O3/c1-2-4-18(19(25)22-11-3-12-27-14-16-5-6-16)24-20(26)23-13-15-7-9-17(21)10-8-15/h7-10,16,18H,2-6,11-14H2,1H3,(H,22,25)(H2,23,24,26). The molecule has 1 aromatic rings. The third-order valence-corrected chi connectivity index (χ3v) is 4.38. The van der Waals surface area contributed by atoms with E-state index in [1.54, 1.807) is 12.1 Å². The molecule has 7 heteroatoms. The molecule has 3 amide bonds. The number of carbonyl (C=O) groups is 2. The zero-order chi connectivity index (χ0) is 19.5. The van der Waals surface area contributed by atoms with Gasteiger partial charge in [0, 0.05) is 26.3 Å². The number of benzene rings is 1. The molecule has 1 atom stereocenters. The van der Waals surface area contributed by atoms with E-state index in [4.69, 9.17) is 4.74 Å². The first kappa shape index (κ1) is 21.2. The van der Waals surface area contributed by atoms with Crippen molar-refractivity contribution in [3.8, 4) is 0 Å². The molecule has 6 nitrogen and oxygen atoms in total. The average molecular weight is 379 g/mol. The second-order valence-corrected chi connectivity index (χ2v) is 6.96. The van der Waals surface area contributed by atoms with E-state index < -0.39 is 12.1 Å². The van der Waals surface area contributed by atoms with Crippen molar-refractivity contribution in [3.63, 3.8) is 0 Å². The molecule has 0 heterocycles. The Morgan fingerprint density at radius 1 is 1.22 bits per heavy atom. The lowest BCUT2D eigenvalue weighted by Gasteiger charge is -2.18. The van der Waals surface area contributed by atoms with Crippen molar-refractivity contribution >= 4 is 11.9 Å². The molecule has 1 aliphatic rings. The minimum Gasteiger partial charge on any atom is -0.381 e. The summed E-state index contributed by atoms with van der Waals surface area (Å²) in [5.41, 5.74) is 0.786. The van der Waals surface area contributed by atoms with Gasteiger partial charge in [-0.1, -0.05) is 25.5 Å². The summed E-state index contributed by atoms with van der Waals surface area (Å²) >= 11 is 0. The van der Waals surface area contributed by atoms with Crippen LogP contribution in [0.15, 0.2) is 24.3 Å². The zero-order valence-corrected chi connectivity index (χ0v) is 15.9. The highest BCUT2D eigenvalue weighted by Gasteiger charge is 2.21. The van der Waals surface area contributed by atoms with Crippen molar-refractivity contribution in [1.29, 1.82) is 0 Å². The number of carbonyl (C=O) groups excluding carboxylic acids is 2. The van der Waals surface area contributed by atoms with Gasteiger partial charge in [0.15, 0.2) is 0 Å². The van der Waals surface area contributed by atoms with Crippen LogP contribution in [-0.4, -0.2) is 37.7 Å². The van der Waals surface area contributed by atoms with Crippen molar-refractivity contribution in [1.82, 2.24) is 16.0 Å². The quantitative estimate of drug-likeness (QED) is 0.489. The molecule has 3 N–H and O–H groups in total. The molecule has 0 radical (unpaired) electrons. The fourth-order valence-electron chi connectivity index (χ4n) is 2.59. The molecule has 1 saturated carbocycles. The summed E-state index contributed by atoms with van der Waals surface area (Å²) in [7, 11) is 0. The van der Waals surface area contributed by atoms with Crippen LogP contribution in [0.3, 0.4) is 0 Å². The van der Waals surface area contributed by atoms with Crippen LogP contribution in [0.2, 0.25) is 0 Å². The lowest BCUT2D eigenvalue weighted by atomic mass is 10.1. The minimum absolute atomic E-state index is 0.184. The third kappa shape index (κ3) is 8.86. The van der Waals surface area contributed by atoms with Gasteiger partial charge in [-0.05, 0) is 49.3 Å². The van der Waals surface area contributed by atoms with Crippen LogP contribution in [0.4, 0.5) is 9.18 Å². The number of rotatable bonds is 12. The third-order valence-electron chi connectivity index (χ3n) is 4.38. The van der Waals surface area contributed by atoms with Crippen LogP contribution >= 0.6 is 0 Å². The number of amides is 3. The smallest absolute Gasteiger partial charge is 0.315 e. The summed E-state index contributed by atoms with van der Waals surface area (Å²) in [6.07, 6.45) is 4.64. The van der Waals surface area contributed by atoms with E-state index in [0.717, 1.165) is 30.9 Å². The van der Waals surface area contributed by atoms with E-state index in [-0.39, 0.29) is 18.3 Å². The summed E-state index contributed by atoms with van der Waals surface area (Å²) in [6.45, 7) is 4.22. The number of hydrogen-bond acceptors (Lipinski definition) is 3. The van der Waals surface area contributed by atoms with Gasteiger partial charge >= 0.3 is 6.03 Å². The molecular formula is C20H30FN3O3. The molecule has 1 fully saturated rings. The zero-order valence-electron chi connectivity index (χ0n) is 15.9. The van der Waals surface area contributed by atoms with Crippen molar-refractivity contribution < 1.29 is 18.7 Å². The number of urea groups is 1. The van der Waals surface area contributed by atoms with Crippen LogP contribution in [0.25, 0.3) is 0 Å². The topological polar surface area (TPSA) is 79.5 Å². The molecule has 1 aromatic carbocycles. The van der Waals surface area contributed by atoms with Gasteiger partial charge < -0.3 is 20.7 Å². The van der Waals surface area contributed by atoms with Crippen LogP contribution in [0.5, 0.6) is 0 Å². The molecule has 2 rings (SSSR count). The maximum atomic E-state index is 12.9. The van der Waals surface area contributed by atoms with Gasteiger partial charge in [-0.15, -0.1) is 0 Å². The molecule has 1 aliphatic carbocycles. The molecule has 0 spiro atoms. The summed E-state index contributed by atoms with van der Waals surface area (Å²) in [5.74, 6) is 0.239. The Kier molecular flexibility index (Phi) is 9.04. The number of ether oxygens (including phenoxy) is 1. The fourth-order valence-corrected chi connectivity index (χ4v) is 2.59. The Labute approximate surface area is 160 Å². The molecule has 0 aliphatic heterocycles. The van der Waals surface area contributed by atoms with Gasteiger partial charge in [-0.25, -0.2) is 9.18 Å². The monoisotopic (exact) mass is 379 g/mol. The van der Waals surface area contributed by atoms with Gasteiger partial charge in [0.25, 0.3) is 0 Å². The Bertz CT molecular complexity index is 591. The maximum absolute atomic E-state index is 12.9. The highest BCUT2D eigenvalue weighted by atomic mass is 19.1. The SMILES string of the molecule is CCCC(NC(=O)NCc1ccc(F)cc1)C(=O)NCCCOCC1CC1. The van der Waals surface area contributed by atoms with E-state index in [1.807, 2.05) is 6.92 Å². The molecule has 0 aromatic heterocycles. The molecule has 150 valence electrons. The fraction of sp³-hybridized carbons (Fsp3) is 0.600. The Morgan fingerprint density at radius 2 is 1.96 bits per heavy atom. The van der Waals surface area contributed by atoms with E-state index in [9.17, 15) is 14.0 Å². The first-order chi connectivity index (χ1) is 13.1. The first-order valence-corrected chi connectivity index (χ1v) is 9.72. The number of nitrogens with one attached hydrogen (secondary N) is 3. The van der Waals surface area contributed by atoms with Gasteiger partial charge in [0.1, 0.15) is 11.9 Å². The van der Waals surface area contributed by atoms with E-state index in [1.165, 1.54) is 25.0 Å². The summed E-state index contributed by atoms with van der Waals surface area (Å²) in [4.78, 5) is 24.4. The number of hydrogen-bond donors (Lipinski definition) is 3. The van der Waals surface area contributed by atoms with Crippen LogP contribution in [-0.2, 0) is 16.1 Å². The minimum atomic E-state index is -0.574. The summed E-state index contributed by atoms with van der Waals surface area (Å²) in [6, 6.07) is 4.91. The molecule has 27 heavy (non-hydrogen) atoms. The Morgan fingerprint density at radius 3 is 2.63 bits per heavy atom. The highest BCUT2D eigenvalue weighted by Crippen LogP contribution is 2.28. The molecule has 0 bridgehead atoms. The predicted octanol–water partition coefficient (Wildman–Crippen LogP) is 2.73. The van der Waals surface area contributed by atoms with Crippen LogP contribution in [0.1, 0.15) is 44.6 Å². The van der Waals surface area contributed by atoms with E-state index in [2.05, 4.69) is 16.0 Å². The van der Waals surface area contributed by atoms with Gasteiger partial charge in [-0.2, -0.15) is 0 Å². The van der Waals surface area contributed by atoms with Gasteiger partial charge in [0.05, 0.1) is 0 Å². The highest BCUT2D eigenvalue weighted by molar-refractivity contribution is 5.86. The van der Waals surface area contributed by atoms with Crippen molar-refractivity contribution in [2.75, 3.05) is 19.8 Å². The van der Waals surface area contributed by atoms with E-state index in [0.29, 0.717) is 19.6 Å². The normalized spacial score (nSPS) is 14.4. The Balaban J connectivity index is 1.64. The average Bonchev–Trinajstić information content (AvgIpc) is 3.48. The van der Waals surface area contributed by atoms with Gasteiger partial charge in [-0.3, -0.25) is 4.79 Å². The van der Waals surface area contributed by atoms with Crippen LogP contribution < -0.4 is 16.0 Å². The maximum Gasteiger partial charge on any atom is 0.315 e. The largest absolute Gasteiger partial charge is 0.381 e. The lowest BCUT2D eigenvalue weighted by Crippen LogP contribution is -2.50. The lowest BCUT2D eigenvalue weighted by molar-refractivity contribution is -0.123. The summed E-state index contributed by atoms with van der Waals surface area (Å²) < 4.78 is 18.4. The second-order valence-electron chi connectivity index (χ2n) is 6.96. The predicted molar refractivity (Wildman–Crippen MR) is 102 cm³/mol. The van der Waals surface area contributed by atoms with Gasteiger partial charge in [0.2, 0.25) is 5.91 Å². The van der Waals surface area contributed by atoms with E-state index >= 15 is 0 Å². The van der Waals surface area contributed by atoms with Crippen LogP contribution in [0, 0.1) is 11.7 Å². The second kappa shape index (κ2) is 11.5. The Hall–Kier alpha value is -2.15.